The maximum Gasteiger partial charge on any atom is 0.224 e. The first-order valence-electron chi connectivity index (χ1n) is 6.96. The molecule has 1 aromatic rings. The molecular formula is C15H21FN2O. The summed E-state index contributed by atoms with van der Waals surface area (Å²) in [5.74, 6) is 0.241. The summed E-state index contributed by atoms with van der Waals surface area (Å²) >= 11 is 0. The topological polar surface area (TPSA) is 41.1 Å². The lowest BCUT2D eigenvalue weighted by atomic mass is 9.96. The van der Waals surface area contributed by atoms with Crippen molar-refractivity contribution in [3.63, 3.8) is 0 Å². The van der Waals surface area contributed by atoms with Crippen molar-refractivity contribution in [3.8, 4) is 0 Å². The van der Waals surface area contributed by atoms with E-state index in [0.29, 0.717) is 18.0 Å². The smallest absolute Gasteiger partial charge is 0.224 e. The molecule has 3 nitrogen and oxygen atoms in total. The van der Waals surface area contributed by atoms with Crippen LogP contribution in [0.15, 0.2) is 24.3 Å². The van der Waals surface area contributed by atoms with E-state index in [4.69, 9.17) is 0 Å². The summed E-state index contributed by atoms with van der Waals surface area (Å²) in [6.07, 6.45) is 3.57. The van der Waals surface area contributed by atoms with Crippen molar-refractivity contribution >= 4 is 5.91 Å². The summed E-state index contributed by atoms with van der Waals surface area (Å²) in [6.45, 7) is 2.83. The van der Waals surface area contributed by atoms with Gasteiger partial charge in [-0.15, -0.1) is 0 Å². The van der Waals surface area contributed by atoms with Gasteiger partial charge in [0.25, 0.3) is 0 Å². The van der Waals surface area contributed by atoms with Crippen molar-refractivity contribution < 1.29 is 9.18 Å². The summed E-state index contributed by atoms with van der Waals surface area (Å²) in [6, 6.07) is 6.42. The molecule has 1 aromatic carbocycles. The van der Waals surface area contributed by atoms with E-state index >= 15 is 0 Å². The van der Waals surface area contributed by atoms with Crippen molar-refractivity contribution in [1.29, 1.82) is 0 Å². The van der Waals surface area contributed by atoms with Crippen LogP contribution < -0.4 is 10.6 Å². The van der Waals surface area contributed by atoms with Gasteiger partial charge in [-0.3, -0.25) is 4.79 Å². The zero-order chi connectivity index (χ0) is 13.5. The molecule has 2 rings (SSSR count). The highest BCUT2D eigenvalue weighted by Gasteiger charge is 2.13. The lowest BCUT2D eigenvalue weighted by Crippen LogP contribution is -2.33. The number of halogens is 1. The average Bonchev–Trinajstić information content (AvgIpc) is 2.43. The Kier molecular flexibility index (Phi) is 5.33. The predicted octanol–water partition coefficient (Wildman–Crippen LogP) is 1.87. The molecule has 4 heteroatoms. The van der Waals surface area contributed by atoms with Gasteiger partial charge >= 0.3 is 0 Å². The van der Waals surface area contributed by atoms with E-state index in [1.54, 1.807) is 18.2 Å². The summed E-state index contributed by atoms with van der Waals surface area (Å²) < 4.78 is 13.4. The minimum atomic E-state index is -0.311. The largest absolute Gasteiger partial charge is 0.356 e. The second kappa shape index (κ2) is 7.24. The molecule has 2 N–H and O–H groups in total. The Labute approximate surface area is 113 Å². The lowest BCUT2D eigenvalue weighted by molar-refractivity contribution is -0.120. The molecule has 104 valence electrons. The molecule has 1 aliphatic rings. The molecule has 1 atom stereocenters. The van der Waals surface area contributed by atoms with Crippen molar-refractivity contribution in [3.05, 3.63) is 35.6 Å². The fraction of sp³-hybridized carbons (Fsp3) is 0.533. The lowest BCUT2D eigenvalue weighted by Gasteiger charge is -2.22. The van der Waals surface area contributed by atoms with Crippen LogP contribution in [0.3, 0.4) is 0 Å². The molecule has 19 heavy (non-hydrogen) atoms. The van der Waals surface area contributed by atoms with Gasteiger partial charge in [-0.1, -0.05) is 18.2 Å². The molecule has 1 fully saturated rings. The number of rotatable bonds is 5. The van der Waals surface area contributed by atoms with E-state index in [9.17, 15) is 9.18 Å². The van der Waals surface area contributed by atoms with Crippen LogP contribution in [0.1, 0.15) is 24.8 Å². The minimum absolute atomic E-state index is 0.103. The van der Waals surface area contributed by atoms with Gasteiger partial charge in [0, 0.05) is 6.54 Å². The van der Waals surface area contributed by atoms with Crippen molar-refractivity contribution in [1.82, 2.24) is 10.6 Å². The van der Waals surface area contributed by atoms with Crippen LogP contribution in [-0.2, 0) is 11.2 Å². The zero-order valence-corrected chi connectivity index (χ0v) is 11.1. The second-order valence-corrected chi connectivity index (χ2v) is 5.12. The average molecular weight is 264 g/mol. The minimum Gasteiger partial charge on any atom is -0.356 e. The third-order valence-electron chi connectivity index (χ3n) is 3.58. The van der Waals surface area contributed by atoms with Crippen LogP contribution in [0.4, 0.5) is 4.39 Å². The maximum atomic E-state index is 13.4. The Bertz CT molecular complexity index is 416. The Balaban J connectivity index is 1.68. The van der Waals surface area contributed by atoms with Gasteiger partial charge < -0.3 is 10.6 Å². The SMILES string of the molecule is O=C(Cc1ccccc1F)NCCC1CCCNC1. The number of amides is 1. The molecule has 0 aromatic heterocycles. The number of carbonyl (C=O) groups excluding carboxylic acids is 1. The number of piperidine rings is 1. The van der Waals surface area contributed by atoms with Gasteiger partial charge in [-0.25, -0.2) is 4.39 Å². The molecule has 1 aliphatic heterocycles. The first-order valence-corrected chi connectivity index (χ1v) is 6.96. The molecule has 0 radical (unpaired) electrons. The summed E-state index contributed by atoms with van der Waals surface area (Å²) in [4.78, 5) is 11.7. The van der Waals surface area contributed by atoms with Gasteiger partial charge in [0.2, 0.25) is 5.91 Å². The molecule has 0 saturated carbocycles. The Morgan fingerprint density at radius 2 is 2.26 bits per heavy atom. The third kappa shape index (κ3) is 4.63. The zero-order valence-electron chi connectivity index (χ0n) is 11.1. The number of hydrogen-bond acceptors (Lipinski definition) is 2. The number of hydrogen-bond donors (Lipinski definition) is 2. The van der Waals surface area contributed by atoms with E-state index < -0.39 is 0 Å². The van der Waals surface area contributed by atoms with Gasteiger partial charge in [0.05, 0.1) is 6.42 Å². The monoisotopic (exact) mass is 264 g/mol. The van der Waals surface area contributed by atoms with E-state index in [-0.39, 0.29) is 18.1 Å². The number of nitrogens with one attached hydrogen (secondary N) is 2. The van der Waals surface area contributed by atoms with E-state index in [1.165, 1.54) is 18.9 Å². The number of carbonyl (C=O) groups is 1. The maximum absolute atomic E-state index is 13.4. The normalized spacial score (nSPS) is 19.1. The number of benzene rings is 1. The first kappa shape index (κ1) is 14.0. The highest BCUT2D eigenvalue weighted by atomic mass is 19.1. The second-order valence-electron chi connectivity index (χ2n) is 5.12. The van der Waals surface area contributed by atoms with Gasteiger partial charge in [-0.2, -0.15) is 0 Å². The highest BCUT2D eigenvalue weighted by Crippen LogP contribution is 2.13. The van der Waals surface area contributed by atoms with Crippen LogP contribution in [0.5, 0.6) is 0 Å². The van der Waals surface area contributed by atoms with Gasteiger partial charge in [0.1, 0.15) is 5.82 Å². The van der Waals surface area contributed by atoms with Crippen LogP contribution in [0.2, 0.25) is 0 Å². The van der Waals surface area contributed by atoms with Crippen molar-refractivity contribution in [2.75, 3.05) is 19.6 Å². The van der Waals surface area contributed by atoms with E-state index in [0.717, 1.165) is 19.5 Å². The van der Waals surface area contributed by atoms with Crippen molar-refractivity contribution in [2.45, 2.75) is 25.7 Å². The molecule has 1 saturated heterocycles. The van der Waals surface area contributed by atoms with Crippen LogP contribution in [0.25, 0.3) is 0 Å². The van der Waals surface area contributed by atoms with Crippen LogP contribution in [0, 0.1) is 11.7 Å². The molecular weight excluding hydrogens is 243 g/mol. The van der Waals surface area contributed by atoms with Gasteiger partial charge in [-0.05, 0) is 49.9 Å². The molecule has 0 aliphatic carbocycles. The summed E-state index contributed by atoms with van der Waals surface area (Å²) in [5, 5.41) is 6.23. The quantitative estimate of drug-likeness (QED) is 0.852. The molecule has 0 spiro atoms. The Hall–Kier alpha value is -1.42. The Morgan fingerprint density at radius 1 is 1.42 bits per heavy atom. The fourth-order valence-corrected chi connectivity index (χ4v) is 2.46. The van der Waals surface area contributed by atoms with Crippen LogP contribution in [-0.4, -0.2) is 25.5 Å². The third-order valence-corrected chi connectivity index (χ3v) is 3.58. The van der Waals surface area contributed by atoms with Gasteiger partial charge in [0.15, 0.2) is 0 Å². The molecule has 1 unspecified atom stereocenters. The predicted molar refractivity (Wildman–Crippen MR) is 73.3 cm³/mol. The summed E-state index contributed by atoms with van der Waals surface area (Å²) in [5.41, 5.74) is 0.458. The highest BCUT2D eigenvalue weighted by molar-refractivity contribution is 5.78. The molecule has 1 heterocycles. The van der Waals surface area contributed by atoms with E-state index in [1.807, 2.05) is 0 Å². The molecule has 0 bridgehead atoms. The Morgan fingerprint density at radius 3 is 3.00 bits per heavy atom. The summed E-state index contributed by atoms with van der Waals surface area (Å²) in [7, 11) is 0. The fourth-order valence-electron chi connectivity index (χ4n) is 2.46. The van der Waals surface area contributed by atoms with Crippen LogP contribution >= 0.6 is 0 Å². The van der Waals surface area contributed by atoms with E-state index in [2.05, 4.69) is 10.6 Å². The first-order chi connectivity index (χ1) is 9.25. The molecule has 1 amide bonds. The standard InChI is InChI=1S/C15H21FN2O/c16-14-6-2-1-5-13(14)10-15(19)18-9-7-12-4-3-8-17-11-12/h1-2,5-6,12,17H,3-4,7-11H2,(H,18,19). The van der Waals surface area contributed by atoms with Crippen molar-refractivity contribution in [2.24, 2.45) is 5.92 Å².